The zero-order valence-corrected chi connectivity index (χ0v) is 21.9. The summed E-state index contributed by atoms with van der Waals surface area (Å²) in [5.74, 6) is 3.33. The second kappa shape index (κ2) is 9.59. The van der Waals surface area contributed by atoms with Crippen LogP contribution in [0.15, 0.2) is 42.5 Å². The molecule has 0 aromatic heterocycles. The molecule has 2 aliphatic rings. The molecule has 5 rings (SSSR count). The third-order valence-electron chi connectivity index (χ3n) is 7.35. The second-order valence-electron chi connectivity index (χ2n) is 9.43. The maximum absolute atomic E-state index is 12.1. The first-order valence-corrected chi connectivity index (χ1v) is 12.1. The van der Waals surface area contributed by atoms with E-state index in [-0.39, 0.29) is 12.7 Å². The summed E-state index contributed by atoms with van der Waals surface area (Å²) in [4.78, 5) is 0. The fraction of sp³-hybridized carbons (Fsp3) is 0.379. The van der Waals surface area contributed by atoms with E-state index in [0.717, 1.165) is 11.1 Å². The van der Waals surface area contributed by atoms with E-state index < -0.39 is 11.7 Å². The Morgan fingerprint density at radius 1 is 0.865 bits per heavy atom. The summed E-state index contributed by atoms with van der Waals surface area (Å²) in [6.07, 6.45) is -0.278. The van der Waals surface area contributed by atoms with Crippen LogP contribution in [0.25, 0.3) is 11.1 Å². The molecule has 1 heterocycles. The summed E-state index contributed by atoms with van der Waals surface area (Å²) in [6.45, 7) is 3.86. The van der Waals surface area contributed by atoms with Crippen LogP contribution < -0.4 is 33.2 Å². The predicted octanol–water partition coefficient (Wildman–Crippen LogP) is 5.18. The summed E-state index contributed by atoms with van der Waals surface area (Å²) in [6, 6.07) is 13.2. The van der Waals surface area contributed by atoms with Crippen molar-refractivity contribution in [3.63, 3.8) is 0 Å². The fourth-order valence-corrected chi connectivity index (χ4v) is 5.26. The van der Waals surface area contributed by atoms with E-state index in [4.69, 9.17) is 33.2 Å². The predicted molar refractivity (Wildman–Crippen MR) is 138 cm³/mol. The molecule has 3 aromatic carbocycles. The van der Waals surface area contributed by atoms with Gasteiger partial charge in [-0.2, -0.15) is 0 Å². The molecule has 1 N–H and O–H groups in total. The van der Waals surface area contributed by atoms with E-state index in [9.17, 15) is 5.11 Å². The molecule has 0 amide bonds. The monoisotopic (exact) mass is 508 g/mol. The zero-order chi connectivity index (χ0) is 26.3. The van der Waals surface area contributed by atoms with Gasteiger partial charge in [-0.15, -0.1) is 0 Å². The Kier molecular flexibility index (Phi) is 6.45. The molecule has 3 atom stereocenters. The van der Waals surface area contributed by atoms with Gasteiger partial charge in [-0.1, -0.05) is 25.1 Å². The summed E-state index contributed by atoms with van der Waals surface area (Å²) in [5.41, 5.74) is 1.72. The minimum absolute atomic E-state index is 0.0571. The van der Waals surface area contributed by atoms with Crippen LogP contribution in [-0.2, 0) is 6.42 Å². The SMILES string of the molecule is COc1cc2c(c(OC)c1OC)-c1c(cc3c(c1OC)OCO3)[C@H](Oc1ccccc1)[C@@](C)(O)[C@@H](C)C2. The maximum atomic E-state index is 12.1. The number of ether oxygens (including phenoxy) is 7. The van der Waals surface area contributed by atoms with Crippen molar-refractivity contribution in [1.29, 1.82) is 0 Å². The average molecular weight is 509 g/mol. The maximum Gasteiger partial charge on any atom is 0.231 e. The van der Waals surface area contributed by atoms with Crippen molar-refractivity contribution in [2.75, 3.05) is 35.2 Å². The highest BCUT2D eigenvalue weighted by Crippen LogP contribution is 2.59. The summed E-state index contributed by atoms with van der Waals surface area (Å²) < 4.78 is 41.5. The Bertz CT molecular complexity index is 1300. The highest BCUT2D eigenvalue weighted by molar-refractivity contribution is 5.89. The lowest BCUT2D eigenvalue weighted by Gasteiger charge is -2.41. The molecular formula is C29H32O8. The van der Waals surface area contributed by atoms with Gasteiger partial charge in [-0.25, -0.2) is 0 Å². The van der Waals surface area contributed by atoms with E-state index in [1.54, 1.807) is 35.4 Å². The quantitative estimate of drug-likeness (QED) is 0.488. The standard InChI is InChI=1S/C29H32O8/c1-16-12-17-13-20(31-3)24(32-4)26(33-5)22(17)23-19(14-21-25(27(23)34-6)36-15-35-21)28(29(16,2)30)37-18-10-8-7-9-11-18/h7-11,13-14,16,28,30H,12,15H2,1-6H3/t16-,28-,29-/m0/s1. The molecule has 0 saturated carbocycles. The Morgan fingerprint density at radius 3 is 2.22 bits per heavy atom. The summed E-state index contributed by atoms with van der Waals surface area (Å²) in [5, 5.41) is 12.1. The average Bonchev–Trinajstić information content (AvgIpc) is 3.38. The molecule has 3 aromatic rings. The van der Waals surface area contributed by atoms with Crippen LogP contribution in [-0.4, -0.2) is 45.9 Å². The Balaban J connectivity index is 1.90. The van der Waals surface area contributed by atoms with Crippen LogP contribution in [0.1, 0.15) is 31.1 Å². The van der Waals surface area contributed by atoms with Crippen molar-refractivity contribution in [2.24, 2.45) is 5.92 Å². The van der Waals surface area contributed by atoms with Gasteiger partial charge in [-0.05, 0) is 49.1 Å². The fourth-order valence-electron chi connectivity index (χ4n) is 5.26. The van der Waals surface area contributed by atoms with Gasteiger partial charge in [0.05, 0.1) is 28.4 Å². The molecule has 8 nitrogen and oxygen atoms in total. The minimum Gasteiger partial charge on any atom is -0.493 e. The first kappa shape index (κ1) is 24.9. The molecular weight excluding hydrogens is 476 g/mol. The van der Waals surface area contributed by atoms with Gasteiger partial charge in [0, 0.05) is 16.7 Å². The topological polar surface area (TPSA) is 84.8 Å². The van der Waals surface area contributed by atoms with Gasteiger partial charge < -0.3 is 38.3 Å². The number of hydrogen-bond donors (Lipinski definition) is 1. The molecule has 0 fully saturated rings. The number of fused-ring (bicyclic) bond motifs is 4. The van der Waals surface area contributed by atoms with Crippen molar-refractivity contribution in [3.05, 3.63) is 53.6 Å². The van der Waals surface area contributed by atoms with Crippen LogP contribution in [0.5, 0.6) is 40.2 Å². The van der Waals surface area contributed by atoms with Crippen LogP contribution in [0.3, 0.4) is 0 Å². The molecule has 8 heteroatoms. The van der Waals surface area contributed by atoms with E-state index in [2.05, 4.69) is 0 Å². The van der Waals surface area contributed by atoms with Crippen molar-refractivity contribution in [2.45, 2.75) is 32.0 Å². The van der Waals surface area contributed by atoms with Gasteiger partial charge >= 0.3 is 0 Å². The lowest BCUT2D eigenvalue weighted by Crippen LogP contribution is -2.44. The number of methoxy groups -OCH3 is 4. The largest absolute Gasteiger partial charge is 0.493 e. The smallest absolute Gasteiger partial charge is 0.231 e. The van der Waals surface area contributed by atoms with Crippen molar-refractivity contribution in [3.8, 4) is 51.4 Å². The third-order valence-corrected chi connectivity index (χ3v) is 7.35. The Labute approximate surface area is 216 Å². The number of rotatable bonds is 6. The van der Waals surface area contributed by atoms with Gasteiger partial charge in [0.1, 0.15) is 11.4 Å². The van der Waals surface area contributed by atoms with E-state index in [1.165, 1.54) is 0 Å². The Hall–Kier alpha value is -3.78. The van der Waals surface area contributed by atoms with Gasteiger partial charge in [0.25, 0.3) is 0 Å². The molecule has 196 valence electrons. The molecule has 0 radical (unpaired) electrons. The van der Waals surface area contributed by atoms with Crippen LogP contribution in [0, 0.1) is 5.92 Å². The minimum atomic E-state index is -1.29. The number of benzene rings is 3. The highest BCUT2D eigenvalue weighted by Gasteiger charge is 2.46. The third kappa shape index (κ3) is 3.96. The first-order chi connectivity index (χ1) is 17.8. The van der Waals surface area contributed by atoms with Crippen LogP contribution in [0.2, 0.25) is 0 Å². The van der Waals surface area contributed by atoms with E-state index in [1.807, 2.05) is 49.4 Å². The van der Waals surface area contributed by atoms with Crippen molar-refractivity contribution in [1.82, 2.24) is 0 Å². The Morgan fingerprint density at radius 2 is 1.57 bits per heavy atom. The van der Waals surface area contributed by atoms with Crippen LogP contribution in [0.4, 0.5) is 0 Å². The first-order valence-electron chi connectivity index (χ1n) is 12.1. The molecule has 0 saturated heterocycles. The lowest BCUT2D eigenvalue weighted by atomic mass is 9.73. The van der Waals surface area contributed by atoms with Crippen LogP contribution >= 0.6 is 0 Å². The van der Waals surface area contributed by atoms with Crippen molar-refractivity contribution >= 4 is 0 Å². The van der Waals surface area contributed by atoms with Gasteiger partial charge in [-0.3, -0.25) is 0 Å². The number of hydrogen-bond acceptors (Lipinski definition) is 8. The molecule has 0 bridgehead atoms. The van der Waals surface area contributed by atoms with E-state index >= 15 is 0 Å². The summed E-state index contributed by atoms with van der Waals surface area (Å²) in [7, 11) is 6.33. The lowest BCUT2D eigenvalue weighted by molar-refractivity contribution is -0.0871. The van der Waals surface area contributed by atoms with Gasteiger partial charge in [0.2, 0.25) is 18.3 Å². The molecule has 0 unspecified atom stereocenters. The zero-order valence-electron chi connectivity index (χ0n) is 21.9. The summed E-state index contributed by atoms with van der Waals surface area (Å²) >= 11 is 0. The number of aliphatic hydroxyl groups is 1. The molecule has 37 heavy (non-hydrogen) atoms. The molecule has 0 spiro atoms. The molecule has 1 aliphatic carbocycles. The highest BCUT2D eigenvalue weighted by atomic mass is 16.7. The van der Waals surface area contributed by atoms with E-state index in [0.29, 0.717) is 57.8 Å². The number of para-hydroxylation sites is 1. The van der Waals surface area contributed by atoms with Crippen molar-refractivity contribution < 1.29 is 38.3 Å². The normalized spacial score (nSPS) is 21.7. The molecule has 1 aliphatic heterocycles. The van der Waals surface area contributed by atoms with Gasteiger partial charge in [0.15, 0.2) is 29.1 Å². The second-order valence-corrected chi connectivity index (χ2v) is 9.43.